The van der Waals surface area contributed by atoms with Crippen molar-refractivity contribution in [3.63, 3.8) is 0 Å². The number of nitrogens with zero attached hydrogens (tertiary/aromatic N) is 2. The van der Waals surface area contributed by atoms with Crippen LogP contribution in [0.25, 0.3) is 0 Å². The summed E-state index contributed by atoms with van der Waals surface area (Å²) in [5, 5.41) is 3.74. The molecule has 19 heavy (non-hydrogen) atoms. The summed E-state index contributed by atoms with van der Waals surface area (Å²) >= 11 is 0. The first-order valence-corrected chi connectivity index (χ1v) is 8.20. The second-order valence-corrected chi connectivity index (χ2v) is 7.12. The predicted molar refractivity (Wildman–Crippen MR) is 82.5 cm³/mol. The van der Waals surface area contributed by atoms with E-state index in [2.05, 4.69) is 49.9 Å². The van der Waals surface area contributed by atoms with Gasteiger partial charge >= 0.3 is 0 Å². The highest BCUT2D eigenvalue weighted by atomic mass is 15.3. The predicted octanol–water partition coefficient (Wildman–Crippen LogP) is 2.03. The third kappa shape index (κ3) is 3.50. The van der Waals surface area contributed by atoms with E-state index in [1.54, 1.807) is 0 Å². The lowest BCUT2D eigenvalue weighted by Gasteiger charge is -2.50. The molecule has 0 radical (unpaired) electrons. The summed E-state index contributed by atoms with van der Waals surface area (Å²) < 4.78 is 0. The van der Waals surface area contributed by atoms with E-state index in [4.69, 9.17) is 0 Å². The van der Waals surface area contributed by atoms with E-state index in [0.29, 0.717) is 6.04 Å². The van der Waals surface area contributed by atoms with Crippen LogP contribution in [0.5, 0.6) is 0 Å². The van der Waals surface area contributed by atoms with Gasteiger partial charge in [-0.05, 0) is 38.3 Å². The summed E-state index contributed by atoms with van der Waals surface area (Å²) in [5.74, 6) is 1.55. The van der Waals surface area contributed by atoms with Gasteiger partial charge < -0.3 is 10.2 Å². The second kappa shape index (κ2) is 6.55. The van der Waals surface area contributed by atoms with Gasteiger partial charge in [0, 0.05) is 37.8 Å². The van der Waals surface area contributed by atoms with Crippen molar-refractivity contribution in [2.45, 2.75) is 58.7 Å². The molecular weight excluding hydrogens is 234 g/mol. The molecule has 0 saturated carbocycles. The Labute approximate surface area is 119 Å². The molecule has 0 aromatic heterocycles. The van der Waals surface area contributed by atoms with Gasteiger partial charge in [0.15, 0.2) is 0 Å². The van der Waals surface area contributed by atoms with Gasteiger partial charge in [-0.3, -0.25) is 4.90 Å². The third-order valence-corrected chi connectivity index (χ3v) is 5.22. The number of rotatable bonds is 3. The smallest absolute Gasteiger partial charge is 0.0247 e. The topological polar surface area (TPSA) is 18.5 Å². The molecule has 4 atom stereocenters. The summed E-state index contributed by atoms with van der Waals surface area (Å²) in [5.41, 5.74) is 0. The van der Waals surface area contributed by atoms with Gasteiger partial charge in [0.05, 0.1) is 0 Å². The van der Waals surface area contributed by atoms with Crippen molar-refractivity contribution in [3.05, 3.63) is 0 Å². The van der Waals surface area contributed by atoms with Gasteiger partial charge in [-0.25, -0.2) is 0 Å². The molecule has 2 heterocycles. The van der Waals surface area contributed by atoms with Crippen LogP contribution in [0.15, 0.2) is 0 Å². The molecule has 112 valence electrons. The van der Waals surface area contributed by atoms with Crippen LogP contribution in [0.3, 0.4) is 0 Å². The highest BCUT2D eigenvalue weighted by Crippen LogP contribution is 2.27. The minimum atomic E-state index is 0.696. The van der Waals surface area contributed by atoms with Crippen molar-refractivity contribution in [1.29, 1.82) is 0 Å². The first kappa shape index (κ1) is 15.3. The molecule has 3 heteroatoms. The molecule has 4 unspecified atom stereocenters. The lowest BCUT2D eigenvalue weighted by Crippen LogP contribution is -2.63. The monoisotopic (exact) mass is 267 g/mol. The minimum absolute atomic E-state index is 0.696. The minimum Gasteiger partial charge on any atom is -0.311 e. The Kier molecular flexibility index (Phi) is 5.27. The molecule has 0 aliphatic carbocycles. The van der Waals surface area contributed by atoms with Gasteiger partial charge in [-0.15, -0.1) is 0 Å². The zero-order valence-electron chi connectivity index (χ0n) is 13.5. The molecular formula is C16H33N3. The van der Waals surface area contributed by atoms with Crippen LogP contribution < -0.4 is 5.32 Å². The third-order valence-electron chi connectivity index (χ3n) is 5.22. The molecule has 2 saturated heterocycles. The number of likely N-dealkylation sites (tertiary alicyclic amines) is 1. The average molecular weight is 267 g/mol. The van der Waals surface area contributed by atoms with Gasteiger partial charge in [0.2, 0.25) is 0 Å². The molecule has 0 aromatic carbocycles. The summed E-state index contributed by atoms with van der Waals surface area (Å²) in [7, 11) is 2.26. The maximum Gasteiger partial charge on any atom is 0.0247 e. The zero-order chi connectivity index (χ0) is 14.0. The van der Waals surface area contributed by atoms with Crippen LogP contribution in [0, 0.1) is 11.8 Å². The molecule has 0 bridgehead atoms. The van der Waals surface area contributed by atoms with Crippen LogP contribution in [-0.2, 0) is 0 Å². The molecule has 2 fully saturated rings. The molecule has 0 aromatic rings. The van der Waals surface area contributed by atoms with Crippen molar-refractivity contribution in [1.82, 2.24) is 15.1 Å². The summed E-state index contributed by atoms with van der Waals surface area (Å²) in [6.45, 7) is 14.5. The summed E-state index contributed by atoms with van der Waals surface area (Å²) in [4.78, 5) is 5.35. The fourth-order valence-corrected chi connectivity index (χ4v) is 3.97. The Bertz CT molecular complexity index is 279. The van der Waals surface area contributed by atoms with Gasteiger partial charge in [-0.1, -0.05) is 27.7 Å². The standard InChI is InChI=1S/C16H33N3/c1-6-14-11-19(16(9-17-14)12(2)3)15-7-8-18(5)10-13(15)4/h12-17H,6-11H2,1-5H3. The second-order valence-electron chi connectivity index (χ2n) is 7.12. The molecule has 3 nitrogen and oxygen atoms in total. The fourth-order valence-electron chi connectivity index (χ4n) is 3.97. The van der Waals surface area contributed by atoms with Crippen LogP contribution in [0.2, 0.25) is 0 Å². The molecule has 0 spiro atoms. The lowest BCUT2D eigenvalue weighted by atomic mass is 9.87. The van der Waals surface area contributed by atoms with Crippen molar-refractivity contribution < 1.29 is 0 Å². The molecule has 0 amide bonds. The Morgan fingerprint density at radius 3 is 2.58 bits per heavy atom. The van der Waals surface area contributed by atoms with Crippen molar-refractivity contribution in [2.75, 3.05) is 33.2 Å². The Balaban J connectivity index is 2.08. The number of hydrogen-bond acceptors (Lipinski definition) is 3. The van der Waals surface area contributed by atoms with Crippen LogP contribution in [-0.4, -0.2) is 61.2 Å². The van der Waals surface area contributed by atoms with Crippen molar-refractivity contribution in [2.24, 2.45) is 11.8 Å². The van der Waals surface area contributed by atoms with E-state index in [-0.39, 0.29) is 0 Å². The number of piperidine rings is 1. The fraction of sp³-hybridized carbons (Fsp3) is 1.00. The SMILES string of the molecule is CCC1CN(C2CCN(C)CC2C)C(C(C)C)CN1. The average Bonchev–Trinajstić information content (AvgIpc) is 2.38. The van der Waals surface area contributed by atoms with E-state index < -0.39 is 0 Å². The van der Waals surface area contributed by atoms with Gasteiger partial charge in [0.25, 0.3) is 0 Å². The molecule has 2 rings (SSSR count). The molecule has 2 aliphatic rings. The van der Waals surface area contributed by atoms with Crippen LogP contribution in [0.1, 0.15) is 40.5 Å². The molecule has 1 N–H and O–H groups in total. The quantitative estimate of drug-likeness (QED) is 0.844. The summed E-state index contributed by atoms with van der Waals surface area (Å²) in [6.07, 6.45) is 2.60. The van der Waals surface area contributed by atoms with Gasteiger partial charge in [-0.2, -0.15) is 0 Å². The van der Waals surface area contributed by atoms with Crippen LogP contribution >= 0.6 is 0 Å². The largest absolute Gasteiger partial charge is 0.311 e. The van der Waals surface area contributed by atoms with E-state index >= 15 is 0 Å². The molecule has 2 aliphatic heterocycles. The van der Waals surface area contributed by atoms with Crippen LogP contribution in [0.4, 0.5) is 0 Å². The van der Waals surface area contributed by atoms with E-state index in [1.165, 1.54) is 39.0 Å². The number of hydrogen-bond donors (Lipinski definition) is 1. The Morgan fingerprint density at radius 1 is 1.26 bits per heavy atom. The van der Waals surface area contributed by atoms with Gasteiger partial charge in [0.1, 0.15) is 0 Å². The van der Waals surface area contributed by atoms with Crippen molar-refractivity contribution in [3.8, 4) is 0 Å². The Morgan fingerprint density at radius 2 is 2.00 bits per heavy atom. The van der Waals surface area contributed by atoms with E-state index in [1.807, 2.05) is 0 Å². The highest BCUT2D eigenvalue weighted by Gasteiger charge is 2.37. The first-order chi connectivity index (χ1) is 9.02. The lowest BCUT2D eigenvalue weighted by molar-refractivity contribution is 0.00129. The first-order valence-electron chi connectivity index (χ1n) is 8.20. The van der Waals surface area contributed by atoms with Crippen molar-refractivity contribution >= 4 is 0 Å². The maximum atomic E-state index is 3.74. The zero-order valence-corrected chi connectivity index (χ0v) is 13.5. The summed E-state index contributed by atoms with van der Waals surface area (Å²) in [6, 6.07) is 2.21. The van der Waals surface area contributed by atoms with E-state index in [0.717, 1.165) is 23.9 Å². The maximum absolute atomic E-state index is 3.74. The Hall–Kier alpha value is -0.120. The number of piperazine rings is 1. The highest BCUT2D eigenvalue weighted by molar-refractivity contribution is 4.94. The normalized spacial score (nSPS) is 38.8. The number of nitrogens with one attached hydrogen (secondary N) is 1. The van der Waals surface area contributed by atoms with E-state index in [9.17, 15) is 0 Å².